The first-order valence-electron chi connectivity index (χ1n) is 6.86. The Bertz CT molecular complexity index is 487. The SMILES string of the molecule is c1cc(CNCc2ccc(N3CCCC3)cc2)on1. The summed E-state index contributed by atoms with van der Waals surface area (Å²) in [7, 11) is 0. The second kappa shape index (κ2) is 5.89. The van der Waals surface area contributed by atoms with Crippen molar-refractivity contribution in [2.24, 2.45) is 0 Å². The van der Waals surface area contributed by atoms with E-state index in [4.69, 9.17) is 4.52 Å². The molecule has 2 aromatic rings. The average Bonchev–Trinajstić information content (AvgIpc) is 3.13. The molecular weight excluding hydrogens is 238 g/mol. The molecule has 0 bridgehead atoms. The summed E-state index contributed by atoms with van der Waals surface area (Å²) in [5.74, 6) is 0.869. The van der Waals surface area contributed by atoms with Gasteiger partial charge in [-0.05, 0) is 30.5 Å². The summed E-state index contributed by atoms with van der Waals surface area (Å²) in [5, 5.41) is 7.03. The smallest absolute Gasteiger partial charge is 0.150 e. The molecule has 1 aromatic heterocycles. The Hall–Kier alpha value is -1.81. The Morgan fingerprint density at radius 1 is 1.05 bits per heavy atom. The molecule has 1 saturated heterocycles. The van der Waals surface area contributed by atoms with E-state index in [1.54, 1.807) is 6.20 Å². The Morgan fingerprint density at radius 3 is 2.53 bits per heavy atom. The minimum atomic E-state index is 0.716. The number of nitrogens with one attached hydrogen (secondary N) is 1. The molecule has 0 atom stereocenters. The number of hydrogen-bond donors (Lipinski definition) is 1. The van der Waals surface area contributed by atoms with Crippen LogP contribution in [-0.4, -0.2) is 18.2 Å². The molecule has 1 aliphatic heterocycles. The standard InChI is InChI=1S/C15H19N3O/c1-2-10-18(9-1)14-5-3-13(4-6-14)11-16-12-15-7-8-17-19-15/h3-8,16H,1-2,9-12H2. The van der Waals surface area contributed by atoms with Gasteiger partial charge in [0.2, 0.25) is 0 Å². The molecule has 1 aliphatic rings. The molecule has 100 valence electrons. The molecule has 0 unspecified atom stereocenters. The van der Waals surface area contributed by atoms with E-state index in [0.29, 0.717) is 6.54 Å². The van der Waals surface area contributed by atoms with Crippen molar-refractivity contribution in [1.82, 2.24) is 10.5 Å². The van der Waals surface area contributed by atoms with Gasteiger partial charge in [-0.1, -0.05) is 17.3 Å². The number of rotatable bonds is 5. The normalized spacial score (nSPS) is 15.1. The van der Waals surface area contributed by atoms with Crippen molar-refractivity contribution in [2.75, 3.05) is 18.0 Å². The first-order chi connectivity index (χ1) is 9.42. The van der Waals surface area contributed by atoms with Crippen LogP contribution in [0.4, 0.5) is 5.69 Å². The maximum Gasteiger partial charge on any atom is 0.150 e. The molecule has 2 heterocycles. The van der Waals surface area contributed by atoms with Crippen molar-refractivity contribution in [3.63, 3.8) is 0 Å². The second-order valence-corrected chi connectivity index (χ2v) is 4.94. The lowest BCUT2D eigenvalue weighted by molar-refractivity contribution is 0.373. The maximum atomic E-state index is 5.04. The first-order valence-corrected chi connectivity index (χ1v) is 6.86. The summed E-state index contributed by atoms with van der Waals surface area (Å²) in [6, 6.07) is 10.7. The van der Waals surface area contributed by atoms with Crippen LogP contribution in [-0.2, 0) is 13.1 Å². The Kier molecular flexibility index (Phi) is 3.79. The monoisotopic (exact) mass is 257 g/mol. The number of aromatic nitrogens is 1. The van der Waals surface area contributed by atoms with E-state index >= 15 is 0 Å². The van der Waals surface area contributed by atoms with Gasteiger partial charge in [-0.3, -0.25) is 0 Å². The molecule has 0 spiro atoms. The predicted octanol–water partition coefficient (Wildman–Crippen LogP) is 2.56. The molecule has 1 aromatic carbocycles. The van der Waals surface area contributed by atoms with Gasteiger partial charge in [0.1, 0.15) is 5.76 Å². The van der Waals surface area contributed by atoms with Crippen LogP contribution in [0.25, 0.3) is 0 Å². The minimum absolute atomic E-state index is 0.716. The Balaban J connectivity index is 1.51. The van der Waals surface area contributed by atoms with Gasteiger partial charge < -0.3 is 14.7 Å². The van der Waals surface area contributed by atoms with Gasteiger partial charge >= 0.3 is 0 Å². The zero-order valence-electron chi connectivity index (χ0n) is 11.0. The van der Waals surface area contributed by atoms with E-state index in [0.717, 1.165) is 12.3 Å². The molecule has 0 aliphatic carbocycles. The third-order valence-corrected chi connectivity index (χ3v) is 3.53. The molecule has 4 heteroatoms. The van der Waals surface area contributed by atoms with Crippen LogP contribution in [0.3, 0.4) is 0 Å². The van der Waals surface area contributed by atoms with Crippen LogP contribution >= 0.6 is 0 Å². The topological polar surface area (TPSA) is 41.3 Å². The third-order valence-electron chi connectivity index (χ3n) is 3.53. The lowest BCUT2D eigenvalue weighted by Crippen LogP contribution is -2.17. The van der Waals surface area contributed by atoms with E-state index in [1.807, 2.05) is 6.07 Å². The quantitative estimate of drug-likeness (QED) is 0.894. The average molecular weight is 257 g/mol. The van der Waals surface area contributed by atoms with Gasteiger partial charge in [0.25, 0.3) is 0 Å². The van der Waals surface area contributed by atoms with Gasteiger partial charge in [0, 0.05) is 31.4 Å². The van der Waals surface area contributed by atoms with Crippen LogP contribution in [0.5, 0.6) is 0 Å². The van der Waals surface area contributed by atoms with Gasteiger partial charge in [-0.25, -0.2) is 0 Å². The highest BCUT2D eigenvalue weighted by Crippen LogP contribution is 2.20. The summed E-state index contributed by atoms with van der Waals surface area (Å²) in [6.45, 7) is 3.96. The maximum absolute atomic E-state index is 5.04. The van der Waals surface area contributed by atoms with Crippen molar-refractivity contribution in [3.05, 3.63) is 47.9 Å². The molecule has 0 radical (unpaired) electrons. The lowest BCUT2D eigenvalue weighted by atomic mass is 10.2. The zero-order chi connectivity index (χ0) is 12.9. The summed E-state index contributed by atoms with van der Waals surface area (Å²) in [4.78, 5) is 2.45. The third kappa shape index (κ3) is 3.15. The van der Waals surface area contributed by atoms with Crippen molar-refractivity contribution in [3.8, 4) is 0 Å². The fourth-order valence-corrected chi connectivity index (χ4v) is 2.46. The van der Waals surface area contributed by atoms with Crippen LogP contribution < -0.4 is 10.2 Å². The van der Waals surface area contributed by atoms with E-state index < -0.39 is 0 Å². The summed E-state index contributed by atoms with van der Waals surface area (Å²) >= 11 is 0. The predicted molar refractivity (Wildman–Crippen MR) is 74.9 cm³/mol. The van der Waals surface area contributed by atoms with Gasteiger partial charge in [0.15, 0.2) is 0 Å². The fourth-order valence-electron chi connectivity index (χ4n) is 2.46. The van der Waals surface area contributed by atoms with E-state index in [-0.39, 0.29) is 0 Å². The van der Waals surface area contributed by atoms with Crippen molar-refractivity contribution >= 4 is 5.69 Å². The van der Waals surface area contributed by atoms with Gasteiger partial charge in [-0.2, -0.15) is 0 Å². The number of hydrogen-bond acceptors (Lipinski definition) is 4. The Morgan fingerprint density at radius 2 is 1.84 bits per heavy atom. The van der Waals surface area contributed by atoms with Crippen LogP contribution in [0.15, 0.2) is 41.1 Å². The zero-order valence-corrected chi connectivity index (χ0v) is 11.0. The molecule has 19 heavy (non-hydrogen) atoms. The minimum Gasteiger partial charge on any atom is -0.372 e. The molecular formula is C15H19N3O. The van der Waals surface area contributed by atoms with Crippen LogP contribution in [0.1, 0.15) is 24.2 Å². The van der Waals surface area contributed by atoms with E-state index in [1.165, 1.54) is 37.2 Å². The van der Waals surface area contributed by atoms with Crippen molar-refractivity contribution in [1.29, 1.82) is 0 Å². The van der Waals surface area contributed by atoms with Crippen LogP contribution in [0.2, 0.25) is 0 Å². The molecule has 1 fully saturated rings. The number of nitrogens with zero attached hydrogens (tertiary/aromatic N) is 2. The molecule has 0 amide bonds. The number of anilines is 1. The van der Waals surface area contributed by atoms with Gasteiger partial charge in [-0.15, -0.1) is 0 Å². The largest absolute Gasteiger partial charge is 0.372 e. The van der Waals surface area contributed by atoms with Crippen LogP contribution in [0, 0.1) is 0 Å². The lowest BCUT2D eigenvalue weighted by Gasteiger charge is -2.17. The summed E-state index contributed by atoms with van der Waals surface area (Å²) < 4.78 is 5.04. The highest BCUT2D eigenvalue weighted by molar-refractivity contribution is 5.48. The van der Waals surface area contributed by atoms with E-state index in [2.05, 4.69) is 39.6 Å². The second-order valence-electron chi connectivity index (χ2n) is 4.94. The number of benzene rings is 1. The highest BCUT2D eigenvalue weighted by atomic mass is 16.5. The highest BCUT2D eigenvalue weighted by Gasteiger charge is 2.11. The molecule has 0 saturated carbocycles. The Labute approximate surface area is 113 Å². The molecule has 1 N–H and O–H groups in total. The van der Waals surface area contributed by atoms with E-state index in [9.17, 15) is 0 Å². The van der Waals surface area contributed by atoms with Crippen molar-refractivity contribution in [2.45, 2.75) is 25.9 Å². The van der Waals surface area contributed by atoms with Crippen molar-refractivity contribution < 1.29 is 4.52 Å². The summed E-state index contributed by atoms with van der Waals surface area (Å²) in [6.07, 6.45) is 4.31. The summed E-state index contributed by atoms with van der Waals surface area (Å²) in [5.41, 5.74) is 2.64. The first kappa shape index (κ1) is 12.2. The molecule has 4 nitrogen and oxygen atoms in total. The fraction of sp³-hybridized carbons (Fsp3) is 0.400. The van der Waals surface area contributed by atoms with Gasteiger partial charge in [0.05, 0.1) is 12.7 Å². The molecule has 3 rings (SSSR count).